The van der Waals surface area contributed by atoms with Crippen LogP contribution in [0, 0.1) is 11.3 Å². The SMILES string of the molecule is CC#N.CC(=O)N(C)C.CCOC(C)=O. The highest BCUT2D eigenvalue weighted by molar-refractivity contribution is 5.72. The highest BCUT2D eigenvalue weighted by atomic mass is 16.5. The molecule has 0 saturated heterocycles. The zero-order valence-corrected chi connectivity index (χ0v) is 10.3. The van der Waals surface area contributed by atoms with E-state index < -0.39 is 0 Å². The Morgan fingerprint density at radius 1 is 1.33 bits per heavy atom. The molecule has 0 fully saturated rings. The lowest BCUT2D eigenvalue weighted by atomic mass is 10.7. The normalized spacial score (nSPS) is 6.73. The first-order valence-corrected chi connectivity index (χ1v) is 4.45. The van der Waals surface area contributed by atoms with Gasteiger partial charge < -0.3 is 9.64 Å². The minimum atomic E-state index is -0.211. The molecule has 0 spiro atoms. The number of hydrogen-bond acceptors (Lipinski definition) is 4. The molecule has 0 N–H and O–H groups in total. The van der Waals surface area contributed by atoms with Crippen LogP contribution in [0.3, 0.4) is 0 Å². The molecule has 0 aromatic heterocycles. The summed E-state index contributed by atoms with van der Waals surface area (Å²) in [6, 6.07) is 1.75. The van der Waals surface area contributed by atoms with Gasteiger partial charge in [0.2, 0.25) is 5.91 Å². The predicted octanol–water partition coefficient (Wildman–Crippen LogP) is 1.19. The molecule has 0 heterocycles. The third-order valence-electron chi connectivity index (χ3n) is 0.977. The minimum Gasteiger partial charge on any atom is -0.466 e. The monoisotopic (exact) mass is 216 g/mol. The third-order valence-corrected chi connectivity index (χ3v) is 0.977. The van der Waals surface area contributed by atoms with E-state index in [9.17, 15) is 9.59 Å². The molecule has 0 aliphatic heterocycles. The van der Waals surface area contributed by atoms with Gasteiger partial charge in [-0.1, -0.05) is 0 Å². The Morgan fingerprint density at radius 3 is 1.60 bits per heavy atom. The van der Waals surface area contributed by atoms with E-state index in [4.69, 9.17) is 5.26 Å². The summed E-state index contributed by atoms with van der Waals surface area (Å²) >= 11 is 0. The second-order valence-electron chi connectivity index (χ2n) is 2.56. The van der Waals surface area contributed by atoms with E-state index in [2.05, 4.69) is 4.74 Å². The van der Waals surface area contributed by atoms with Crippen molar-refractivity contribution < 1.29 is 14.3 Å². The molecular weight excluding hydrogens is 196 g/mol. The van der Waals surface area contributed by atoms with Crippen LogP contribution in [0.2, 0.25) is 0 Å². The molecule has 88 valence electrons. The first-order valence-electron chi connectivity index (χ1n) is 4.45. The van der Waals surface area contributed by atoms with E-state index in [1.54, 1.807) is 27.1 Å². The van der Waals surface area contributed by atoms with E-state index in [0.29, 0.717) is 6.61 Å². The van der Waals surface area contributed by atoms with Gasteiger partial charge in [-0.2, -0.15) is 5.26 Å². The molecule has 0 aromatic rings. The maximum absolute atomic E-state index is 10.1. The first kappa shape index (κ1) is 19.1. The Balaban J connectivity index is -0.000000153. The van der Waals surface area contributed by atoms with Gasteiger partial charge in [-0.3, -0.25) is 9.59 Å². The number of esters is 1. The van der Waals surface area contributed by atoms with Crippen molar-refractivity contribution in [2.75, 3.05) is 20.7 Å². The molecule has 1 amide bonds. The van der Waals surface area contributed by atoms with Gasteiger partial charge in [-0.15, -0.1) is 0 Å². The average Bonchev–Trinajstić information content (AvgIpc) is 2.05. The molecule has 0 rings (SSSR count). The standard InChI is InChI=1S/C4H9NO.C4H8O2.C2H3N/c1-4(6)5(2)3;1-3-6-4(2)5;1-2-3/h1-3H3;3H2,1-2H3;1H3. The number of hydrogen-bond donors (Lipinski definition) is 0. The Morgan fingerprint density at radius 2 is 1.60 bits per heavy atom. The third kappa shape index (κ3) is 45.9. The summed E-state index contributed by atoms with van der Waals surface area (Å²) in [6.07, 6.45) is 0. The van der Waals surface area contributed by atoms with Crippen molar-refractivity contribution in [3.63, 3.8) is 0 Å². The second kappa shape index (κ2) is 14.9. The summed E-state index contributed by atoms with van der Waals surface area (Å²) in [6.45, 7) is 6.61. The second-order valence-corrected chi connectivity index (χ2v) is 2.56. The summed E-state index contributed by atoms with van der Waals surface area (Å²) in [5.74, 6) is -0.118. The Bertz CT molecular complexity index is 207. The maximum Gasteiger partial charge on any atom is 0.302 e. The molecule has 0 unspecified atom stereocenters. The van der Waals surface area contributed by atoms with Crippen molar-refractivity contribution >= 4 is 11.9 Å². The first-order chi connectivity index (χ1) is 6.83. The van der Waals surface area contributed by atoms with Gasteiger partial charge >= 0.3 is 5.97 Å². The van der Waals surface area contributed by atoms with Crippen LogP contribution in [-0.2, 0) is 14.3 Å². The van der Waals surface area contributed by atoms with Gasteiger partial charge in [0, 0.05) is 34.9 Å². The number of rotatable bonds is 1. The maximum atomic E-state index is 10.1. The highest BCUT2D eigenvalue weighted by Crippen LogP contribution is 1.70. The van der Waals surface area contributed by atoms with Gasteiger partial charge in [0.25, 0.3) is 0 Å². The number of nitriles is 1. The van der Waals surface area contributed by atoms with Gasteiger partial charge in [0.1, 0.15) is 0 Å². The molecule has 0 saturated carbocycles. The molecule has 0 atom stereocenters. The largest absolute Gasteiger partial charge is 0.466 e. The van der Waals surface area contributed by atoms with E-state index in [-0.39, 0.29) is 11.9 Å². The molecule has 0 aromatic carbocycles. The fourth-order valence-electron chi connectivity index (χ4n) is 0.203. The molecule has 0 radical (unpaired) electrons. The van der Waals surface area contributed by atoms with Crippen molar-refractivity contribution in [1.29, 1.82) is 5.26 Å². The summed E-state index contributed by atoms with van der Waals surface area (Å²) in [5.41, 5.74) is 0. The van der Waals surface area contributed by atoms with E-state index in [0.717, 1.165) is 0 Å². The van der Waals surface area contributed by atoms with E-state index in [1.807, 2.05) is 0 Å². The van der Waals surface area contributed by atoms with Crippen LogP contribution in [-0.4, -0.2) is 37.5 Å². The lowest BCUT2D eigenvalue weighted by Crippen LogP contribution is -2.17. The zero-order chi connectivity index (χ0) is 12.9. The Hall–Kier alpha value is -1.57. The van der Waals surface area contributed by atoms with Crippen molar-refractivity contribution in [2.24, 2.45) is 0 Å². The number of nitrogens with zero attached hydrogens (tertiary/aromatic N) is 2. The summed E-state index contributed by atoms with van der Waals surface area (Å²) in [7, 11) is 3.45. The van der Waals surface area contributed by atoms with Crippen molar-refractivity contribution in [3.8, 4) is 6.07 Å². The lowest BCUT2D eigenvalue weighted by molar-refractivity contribution is -0.140. The van der Waals surface area contributed by atoms with E-state index in [1.165, 1.54) is 25.7 Å². The average molecular weight is 216 g/mol. The summed E-state index contributed by atoms with van der Waals surface area (Å²) in [5, 5.41) is 7.32. The molecule has 0 bridgehead atoms. The van der Waals surface area contributed by atoms with Crippen molar-refractivity contribution in [3.05, 3.63) is 0 Å². The summed E-state index contributed by atoms with van der Waals surface area (Å²) in [4.78, 5) is 21.4. The highest BCUT2D eigenvalue weighted by Gasteiger charge is 1.87. The van der Waals surface area contributed by atoms with Gasteiger partial charge in [0.05, 0.1) is 12.7 Å². The van der Waals surface area contributed by atoms with Crippen LogP contribution < -0.4 is 0 Å². The van der Waals surface area contributed by atoms with Gasteiger partial charge in [-0.25, -0.2) is 0 Å². The molecule has 15 heavy (non-hydrogen) atoms. The number of amides is 1. The molecule has 0 aliphatic carbocycles. The smallest absolute Gasteiger partial charge is 0.302 e. The lowest BCUT2D eigenvalue weighted by Gasteiger charge is -2.02. The number of carbonyl (C=O) groups excluding carboxylic acids is 2. The number of carbonyl (C=O) groups is 2. The van der Waals surface area contributed by atoms with Crippen LogP contribution in [0.15, 0.2) is 0 Å². The Kier molecular flexibility index (Phi) is 19.0. The molecule has 5 heteroatoms. The van der Waals surface area contributed by atoms with Crippen LogP contribution in [0.1, 0.15) is 27.7 Å². The van der Waals surface area contributed by atoms with Crippen LogP contribution >= 0.6 is 0 Å². The quantitative estimate of drug-likeness (QED) is 0.617. The minimum absolute atomic E-state index is 0.0926. The topological polar surface area (TPSA) is 70.4 Å². The van der Waals surface area contributed by atoms with Gasteiger partial charge in [-0.05, 0) is 6.92 Å². The van der Waals surface area contributed by atoms with Crippen LogP contribution in [0.5, 0.6) is 0 Å². The molecule has 0 aliphatic rings. The van der Waals surface area contributed by atoms with Crippen molar-refractivity contribution in [1.82, 2.24) is 4.90 Å². The predicted molar refractivity (Wildman–Crippen MR) is 58.0 cm³/mol. The summed E-state index contributed by atoms with van der Waals surface area (Å²) < 4.78 is 4.40. The Labute approximate surface area is 91.6 Å². The fraction of sp³-hybridized carbons (Fsp3) is 0.700. The number of ether oxygens (including phenoxy) is 1. The van der Waals surface area contributed by atoms with Crippen LogP contribution in [0.25, 0.3) is 0 Å². The van der Waals surface area contributed by atoms with Gasteiger partial charge in [0.15, 0.2) is 0 Å². The van der Waals surface area contributed by atoms with Crippen molar-refractivity contribution in [2.45, 2.75) is 27.7 Å². The van der Waals surface area contributed by atoms with Crippen LogP contribution in [0.4, 0.5) is 0 Å². The fourth-order valence-corrected chi connectivity index (χ4v) is 0.203. The van der Waals surface area contributed by atoms with E-state index >= 15 is 0 Å². The zero-order valence-electron chi connectivity index (χ0n) is 10.3. The molecule has 5 nitrogen and oxygen atoms in total. The molecular formula is C10H20N2O3.